The Balaban J connectivity index is 2.48. The van der Waals surface area contributed by atoms with Crippen molar-refractivity contribution in [2.45, 2.75) is 6.92 Å². The third-order valence-corrected chi connectivity index (χ3v) is 3.01. The second-order valence-corrected chi connectivity index (χ2v) is 4.35. The van der Waals surface area contributed by atoms with Gasteiger partial charge in [0, 0.05) is 5.56 Å². The molecule has 2 aromatic rings. The normalized spacial score (nSPS) is 10.4. The lowest BCUT2D eigenvalue weighted by atomic mass is 10.0. The van der Waals surface area contributed by atoms with E-state index in [2.05, 4.69) is 0 Å². The van der Waals surface area contributed by atoms with E-state index in [1.165, 1.54) is 18.2 Å². The minimum absolute atomic E-state index is 0.0759. The van der Waals surface area contributed by atoms with Crippen LogP contribution in [0.1, 0.15) is 15.9 Å². The predicted octanol–water partition coefficient (Wildman–Crippen LogP) is 2.82. The highest BCUT2D eigenvalue weighted by Gasteiger charge is 2.06. The summed E-state index contributed by atoms with van der Waals surface area (Å²) in [7, 11) is 0. The molecule has 0 aliphatic heterocycles. The van der Waals surface area contributed by atoms with Crippen LogP contribution < -0.4 is 5.11 Å². The SMILES string of the molecule is Cc1ccc(-c2ccc(C(=O)[O-])c(Cl)c2)cc1F. The molecule has 0 atom stereocenters. The summed E-state index contributed by atoms with van der Waals surface area (Å²) in [6.45, 7) is 1.67. The first-order valence-electron chi connectivity index (χ1n) is 5.26. The summed E-state index contributed by atoms with van der Waals surface area (Å²) in [5.41, 5.74) is 1.78. The van der Waals surface area contributed by atoms with E-state index < -0.39 is 5.97 Å². The van der Waals surface area contributed by atoms with Gasteiger partial charge < -0.3 is 9.90 Å². The zero-order valence-corrected chi connectivity index (χ0v) is 10.3. The van der Waals surface area contributed by atoms with E-state index in [1.54, 1.807) is 25.1 Å². The zero-order valence-electron chi connectivity index (χ0n) is 9.54. The van der Waals surface area contributed by atoms with E-state index in [9.17, 15) is 14.3 Å². The Morgan fingerprint density at radius 1 is 1.17 bits per heavy atom. The number of carboxylic acids is 1. The van der Waals surface area contributed by atoms with Crippen LogP contribution in [0, 0.1) is 12.7 Å². The van der Waals surface area contributed by atoms with Crippen molar-refractivity contribution in [3.63, 3.8) is 0 Å². The largest absolute Gasteiger partial charge is 0.545 e. The number of aromatic carboxylic acids is 1. The van der Waals surface area contributed by atoms with E-state index >= 15 is 0 Å². The fraction of sp³-hybridized carbons (Fsp3) is 0.0714. The van der Waals surface area contributed by atoms with Crippen LogP contribution in [-0.2, 0) is 0 Å². The molecule has 2 aromatic carbocycles. The van der Waals surface area contributed by atoms with Crippen LogP contribution in [0.4, 0.5) is 4.39 Å². The molecule has 18 heavy (non-hydrogen) atoms. The molecular weight excluding hydrogens is 255 g/mol. The van der Waals surface area contributed by atoms with Gasteiger partial charge in [0.15, 0.2) is 0 Å². The van der Waals surface area contributed by atoms with E-state index in [1.807, 2.05) is 0 Å². The standard InChI is InChI=1S/C14H10ClFO2/c1-8-2-3-10(7-13(8)16)9-4-5-11(14(17)18)12(15)6-9/h2-7H,1H3,(H,17,18)/p-1. The van der Waals surface area contributed by atoms with Crippen molar-refractivity contribution < 1.29 is 14.3 Å². The quantitative estimate of drug-likeness (QED) is 0.836. The molecule has 0 spiro atoms. The second kappa shape index (κ2) is 4.78. The van der Waals surface area contributed by atoms with Crippen molar-refractivity contribution >= 4 is 17.6 Å². The highest BCUT2D eigenvalue weighted by atomic mass is 35.5. The molecule has 0 aliphatic rings. The van der Waals surface area contributed by atoms with Gasteiger partial charge in [-0.1, -0.05) is 35.9 Å². The van der Waals surface area contributed by atoms with Gasteiger partial charge in [0.05, 0.1) is 11.0 Å². The first-order valence-corrected chi connectivity index (χ1v) is 5.64. The Morgan fingerprint density at radius 2 is 1.78 bits per heavy atom. The highest BCUT2D eigenvalue weighted by molar-refractivity contribution is 6.33. The topological polar surface area (TPSA) is 40.1 Å². The maximum Gasteiger partial charge on any atom is 0.126 e. The number of carbonyl (C=O) groups excluding carboxylic acids is 1. The first-order chi connectivity index (χ1) is 8.49. The van der Waals surface area contributed by atoms with Crippen molar-refractivity contribution in [1.82, 2.24) is 0 Å². The molecule has 0 amide bonds. The van der Waals surface area contributed by atoms with E-state index in [4.69, 9.17) is 11.6 Å². The lowest BCUT2D eigenvalue weighted by molar-refractivity contribution is -0.255. The number of rotatable bonds is 2. The molecule has 0 bridgehead atoms. The van der Waals surface area contributed by atoms with Gasteiger partial charge >= 0.3 is 0 Å². The molecule has 0 saturated heterocycles. The van der Waals surface area contributed by atoms with Gasteiger partial charge in [0.1, 0.15) is 5.82 Å². The summed E-state index contributed by atoms with van der Waals surface area (Å²) in [6, 6.07) is 9.20. The number of benzene rings is 2. The third kappa shape index (κ3) is 2.36. The molecule has 4 heteroatoms. The van der Waals surface area contributed by atoms with E-state index in [0.29, 0.717) is 16.7 Å². The summed E-state index contributed by atoms with van der Waals surface area (Å²) in [6.07, 6.45) is 0. The van der Waals surface area contributed by atoms with Crippen LogP contribution in [0.3, 0.4) is 0 Å². The third-order valence-electron chi connectivity index (χ3n) is 2.69. The minimum Gasteiger partial charge on any atom is -0.545 e. The van der Waals surface area contributed by atoms with Gasteiger partial charge in [-0.25, -0.2) is 4.39 Å². The molecule has 0 aliphatic carbocycles. The molecule has 0 unspecified atom stereocenters. The van der Waals surface area contributed by atoms with Crippen LogP contribution in [0.5, 0.6) is 0 Å². The van der Waals surface area contributed by atoms with Crippen LogP contribution in [0.25, 0.3) is 11.1 Å². The average Bonchev–Trinajstić information content (AvgIpc) is 2.32. The lowest BCUT2D eigenvalue weighted by Gasteiger charge is -2.08. The van der Waals surface area contributed by atoms with Crippen molar-refractivity contribution in [2.24, 2.45) is 0 Å². The van der Waals surface area contributed by atoms with Crippen molar-refractivity contribution in [3.8, 4) is 11.1 Å². The van der Waals surface area contributed by atoms with Crippen LogP contribution in [-0.4, -0.2) is 5.97 Å². The fourth-order valence-electron chi connectivity index (χ4n) is 1.63. The Bertz CT molecular complexity index is 623. The molecule has 92 valence electrons. The molecule has 2 rings (SSSR count). The molecule has 0 radical (unpaired) electrons. The number of carbonyl (C=O) groups is 1. The van der Waals surface area contributed by atoms with E-state index in [-0.39, 0.29) is 16.4 Å². The molecular formula is C14H9ClFO2-. The number of carboxylic acid groups (broad SMARTS) is 1. The van der Waals surface area contributed by atoms with E-state index in [0.717, 1.165) is 0 Å². The van der Waals surface area contributed by atoms with Crippen LogP contribution in [0.2, 0.25) is 5.02 Å². The maximum absolute atomic E-state index is 13.4. The van der Waals surface area contributed by atoms with Gasteiger partial charge in [-0.05, 0) is 35.7 Å². The zero-order chi connectivity index (χ0) is 13.3. The number of hydrogen-bond acceptors (Lipinski definition) is 2. The van der Waals surface area contributed by atoms with Crippen LogP contribution >= 0.6 is 11.6 Å². The summed E-state index contributed by atoms with van der Waals surface area (Å²) < 4.78 is 13.4. The molecule has 0 heterocycles. The minimum atomic E-state index is -1.33. The summed E-state index contributed by atoms with van der Waals surface area (Å²) in [5, 5.41) is 10.8. The van der Waals surface area contributed by atoms with Gasteiger partial charge in [-0.15, -0.1) is 0 Å². The van der Waals surface area contributed by atoms with Gasteiger partial charge in [-0.3, -0.25) is 0 Å². The fourth-order valence-corrected chi connectivity index (χ4v) is 1.89. The Hall–Kier alpha value is -1.87. The monoisotopic (exact) mass is 263 g/mol. The van der Waals surface area contributed by atoms with Gasteiger partial charge in [0.2, 0.25) is 0 Å². The van der Waals surface area contributed by atoms with Crippen molar-refractivity contribution in [3.05, 3.63) is 58.4 Å². The first kappa shape index (κ1) is 12.6. The molecule has 2 nitrogen and oxygen atoms in total. The van der Waals surface area contributed by atoms with Gasteiger partial charge in [-0.2, -0.15) is 0 Å². The Morgan fingerprint density at radius 3 is 2.33 bits per heavy atom. The second-order valence-electron chi connectivity index (χ2n) is 3.95. The maximum atomic E-state index is 13.4. The lowest BCUT2D eigenvalue weighted by Crippen LogP contribution is -2.22. The predicted molar refractivity (Wildman–Crippen MR) is 65.9 cm³/mol. The molecule has 0 aromatic heterocycles. The Labute approximate surface area is 109 Å². The van der Waals surface area contributed by atoms with Gasteiger partial charge in [0.25, 0.3) is 0 Å². The number of halogens is 2. The number of aryl methyl sites for hydroxylation is 1. The summed E-state index contributed by atoms with van der Waals surface area (Å²) in [4.78, 5) is 10.7. The highest BCUT2D eigenvalue weighted by Crippen LogP contribution is 2.26. The summed E-state index contributed by atoms with van der Waals surface area (Å²) in [5.74, 6) is -1.64. The average molecular weight is 264 g/mol. The van der Waals surface area contributed by atoms with Crippen LogP contribution in [0.15, 0.2) is 36.4 Å². The molecule has 0 N–H and O–H groups in total. The van der Waals surface area contributed by atoms with Crippen molar-refractivity contribution in [2.75, 3.05) is 0 Å². The van der Waals surface area contributed by atoms with Crippen molar-refractivity contribution in [1.29, 1.82) is 0 Å². The smallest absolute Gasteiger partial charge is 0.126 e. The Kier molecular flexibility index (Phi) is 3.34. The molecule has 0 fully saturated rings. The summed E-state index contributed by atoms with van der Waals surface area (Å²) >= 11 is 5.83. The molecule has 0 saturated carbocycles. The number of hydrogen-bond donors (Lipinski definition) is 0.